The van der Waals surface area contributed by atoms with E-state index in [9.17, 15) is 14.3 Å². The van der Waals surface area contributed by atoms with E-state index in [0.717, 1.165) is 6.07 Å². The van der Waals surface area contributed by atoms with E-state index >= 15 is 0 Å². The Kier molecular flexibility index (Phi) is 3.62. The fourth-order valence-electron chi connectivity index (χ4n) is 1.06. The van der Waals surface area contributed by atoms with Gasteiger partial charge in [0.25, 0.3) is 0 Å². The molecule has 1 amide bonds. The molecule has 1 aromatic rings. The third-order valence-electron chi connectivity index (χ3n) is 2.07. The molecule has 15 heavy (non-hydrogen) atoms. The summed E-state index contributed by atoms with van der Waals surface area (Å²) in [7, 11) is 0. The molecular formula is C10H13FN2O2. The normalized spacial score (nSPS) is 12.4. The molecule has 4 nitrogen and oxygen atoms in total. The van der Waals surface area contributed by atoms with Gasteiger partial charge < -0.3 is 16.2 Å². The molecule has 0 fully saturated rings. The van der Waals surface area contributed by atoms with E-state index in [0.29, 0.717) is 5.56 Å². The monoisotopic (exact) mass is 212 g/mol. The Labute approximate surface area is 86.9 Å². The molecule has 1 rings (SSSR count). The third-order valence-corrected chi connectivity index (χ3v) is 2.07. The average Bonchev–Trinajstić information content (AvgIpc) is 2.18. The molecule has 1 aromatic carbocycles. The number of benzene rings is 1. The number of carbonyl (C=O) groups excluding carboxylic acids is 1. The molecule has 0 aromatic heterocycles. The second kappa shape index (κ2) is 4.75. The van der Waals surface area contributed by atoms with Crippen molar-refractivity contribution in [2.75, 3.05) is 0 Å². The second-order valence-electron chi connectivity index (χ2n) is 3.28. The Hall–Kier alpha value is -1.62. The van der Waals surface area contributed by atoms with Crippen LogP contribution in [0.25, 0.3) is 0 Å². The highest BCUT2D eigenvalue weighted by Crippen LogP contribution is 2.17. The van der Waals surface area contributed by atoms with Crippen LogP contribution >= 0.6 is 0 Å². The molecule has 0 radical (unpaired) electrons. The van der Waals surface area contributed by atoms with Crippen molar-refractivity contribution in [3.05, 3.63) is 29.6 Å². The highest BCUT2D eigenvalue weighted by molar-refractivity contribution is 5.79. The maximum Gasteiger partial charge on any atom is 0.234 e. The van der Waals surface area contributed by atoms with Crippen LogP contribution in [0.4, 0.5) is 4.39 Å². The summed E-state index contributed by atoms with van der Waals surface area (Å²) >= 11 is 0. The summed E-state index contributed by atoms with van der Waals surface area (Å²) in [5.74, 6) is -0.942. The molecule has 0 bridgehead atoms. The summed E-state index contributed by atoms with van der Waals surface area (Å²) in [4.78, 5) is 10.7. The number of amides is 1. The van der Waals surface area contributed by atoms with Crippen LogP contribution < -0.4 is 11.1 Å². The van der Waals surface area contributed by atoms with Gasteiger partial charge in [-0.1, -0.05) is 0 Å². The molecule has 0 aliphatic heterocycles. The Morgan fingerprint density at radius 1 is 1.67 bits per heavy atom. The summed E-state index contributed by atoms with van der Waals surface area (Å²) in [6.45, 7) is 1.78. The number of hydrogen-bond acceptors (Lipinski definition) is 3. The zero-order valence-electron chi connectivity index (χ0n) is 8.33. The summed E-state index contributed by atoms with van der Waals surface area (Å²) in [5, 5.41) is 12.1. The molecule has 82 valence electrons. The largest absolute Gasteiger partial charge is 0.508 e. The van der Waals surface area contributed by atoms with Gasteiger partial charge in [-0.05, 0) is 25.1 Å². The highest BCUT2D eigenvalue weighted by Gasteiger charge is 2.09. The lowest BCUT2D eigenvalue weighted by molar-refractivity contribution is -0.119. The van der Waals surface area contributed by atoms with Crippen molar-refractivity contribution < 1.29 is 14.3 Å². The molecule has 1 unspecified atom stereocenters. The molecule has 0 aliphatic rings. The van der Waals surface area contributed by atoms with Gasteiger partial charge in [-0.3, -0.25) is 4.79 Å². The lowest BCUT2D eigenvalue weighted by Gasteiger charge is -2.10. The van der Waals surface area contributed by atoms with Crippen LogP contribution in [0.15, 0.2) is 18.2 Å². The first-order valence-corrected chi connectivity index (χ1v) is 4.51. The number of aromatic hydroxyl groups is 1. The SMILES string of the molecule is CC(NCc1cc(F)ccc1O)C(N)=O. The highest BCUT2D eigenvalue weighted by atomic mass is 19.1. The van der Waals surface area contributed by atoms with E-state index in [1.165, 1.54) is 12.1 Å². The lowest BCUT2D eigenvalue weighted by Crippen LogP contribution is -2.38. The van der Waals surface area contributed by atoms with E-state index in [-0.39, 0.29) is 12.3 Å². The van der Waals surface area contributed by atoms with Crippen molar-refractivity contribution in [3.63, 3.8) is 0 Å². The van der Waals surface area contributed by atoms with Crippen LogP contribution in [-0.2, 0) is 11.3 Å². The fraction of sp³-hybridized carbons (Fsp3) is 0.300. The van der Waals surface area contributed by atoms with Gasteiger partial charge in [-0.15, -0.1) is 0 Å². The molecule has 1 atom stereocenters. The molecular weight excluding hydrogens is 199 g/mol. The number of halogens is 1. The smallest absolute Gasteiger partial charge is 0.234 e. The van der Waals surface area contributed by atoms with Crippen molar-refractivity contribution in [2.45, 2.75) is 19.5 Å². The van der Waals surface area contributed by atoms with Crippen LogP contribution in [0, 0.1) is 5.82 Å². The summed E-state index contributed by atoms with van der Waals surface area (Å²) in [6, 6.07) is 3.11. The Bertz CT molecular complexity index is 368. The van der Waals surface area contributed by atoms with Crippen molar-refractivity contribution in [1.29, 1.82) is 0 Å². The van der Waals surface area contributed by atoms with Crippen molar-refractivity contribution in [1.82, 2.24) is 5.32 Å². The third kappa shape index (κ3) is 3.21. The number of rotatable bonds is 4. The molecule has 4 N–H and O–H groups in total. The first-order valence-electron chi connectivity index (χ1n) is 4.51. The minimum atomic E-state index is -0.521. The maximum atomic E-state index is 12.8. The van der Waals surface area contributed by atoms with E-state index in [4.69, 9.17) is 5.73 Å². The van der Waals surface area contributed by atoms with E-state index in [1.54, 1.807) is 6.92 Å². The van der Waals surface area contributed by atoms with Crippen LogP contribution in [0.5, 0.6) is 5.75 Å². The second-order valence-corrected chi connectivity index (χ2v) is 3.28. The number of phenols is 1. The summed E-state index contributed by atoms with van der Waals surface area (Å²) in [6.07, 6.45) is 0. The van der Waals surface area contributed by atoms with Crippen molar-refractivity contribution in [3.8, 4) is 5.75 Å². The van der Waals surface area contributed by atoms with Gasteiger partial charge in [0.15, 0.2) is 0 Å². The molecule has 0 heterocycles. The maximum absolute atomic E-state index is 12.8. The Morgan fingerprint density at radius 2 is 2.33 bits per heavy atom. The average molecular weight is 212 g/mol. The number of carbonyl (C=O) groups is 1. The predicted octanol–water partition coefficient (Wildman–Crippen LogP) is 0.495. The van der Waals surface area contributed by atoms with Gasteiger partial charge in [0.1, 0.15) is 11.6 Å². The molecule has 0 saturated carbocycles. The number of primary amides is 1. The van der Waals surface area contributed by atoms with Gasteiger partial charge >= 0.3 is 0 Å². The zero-order chi connectivity index (χ0) is 11.4. The fourth-order valence-corrected chi connectivity index (χ4v) is 1.06. The predicted molar refractivity (Wildman–Crippen MR) is 53.6 cm³/mol. The summed E-state index contributed by atoms with van der Waals surface area (Å²) in [5.41, 5.74) is 5.42. The Morgan fingerprint density at radius 3 is 2.93 bits per heavy atom. The quantitative estimate of drug-likeness (QED) is 0.680. The number of phenolic OH excluding ortho intramolecular Hbond substituents is 1. The van der Waals surface area contributed by atoms with Gasteiger partial charge in [0.05, 0.1) is 6.04 Å². The van der Waals surface area contributed by atoms with E-state index in [2.05, 4.69) is 5.32 Å². The molecule has 0 spiro atoms. The van der Waals surface area contributed by atoms with Crippen LogP contribution in [0.2, 0.25) is 0 Å². The summed E-state index contributed by atoms with van der Waals surface area (Å²) < 4.78 is 12.8. The lowest BCUT2D eigenvalue weighted by atomic mass is 10.2. The van der Waals surface area contributed by atoms with E-state index < -0.39 is 17.8 Å². The van der Waals surface area contributed by atoms with Crippen LogP contribution in [0.3, 0.4) is 0 Å². The minimum absolute atomic E-state index is 0.0134. The zero-order valence-corrected chi connectivity index (χ0v) is 8.33. The number of nitrogens with one attached hydrogen (secondary N) is 1. The van der Waals surface area contributed by atoms with Gasteiger partial charge in [0.2, 0.25) is 5.91 Å². The van der Waals surface area contributed by atoms with Crippen LogP contribution in [0.1, 0.15) is 12.5 Å². The molecule has 0 saturated heterocycles. The van der Waals surface area contributed by atoms with Gasteiger partial charge in [0, 0.05) is 12.1 Å². The van der Waals surface area contributed by atoms with Crippen LogP contribution in [-0.4, -0.2) is 17.1 Å². The van der Waals surface area contributed by atoms with Gasteiger partial charge in [-0.25, -0.2) is 4.39 Å². The standard InChI is InChI=1S/C10H13FN2O2/c1-6(10(12)15)13-5-7-4-8(11)2-3-9(7)14/h2-4,6,13-14H,5H2,1H3,(H2,12,15). The first-order chi connectivity index (χ1) is 7.00. The number of hydrogen-bond donors (Lipinski definition) is 3. The number of nitrogens with two attached hydrogens (primary N) is 1. The Balaban J connectivity index is 2.65. The van der Waals surface area contributed by atoms with E-state index in [1.807, 2.05) is 0 Å². The van der Waals surface area contributed by atoms with Gasteiger partial charge in [-0.2, -0.15) is 0 Å². The van der Waals surface area contributed by atoms with Crippen molar-refractivity contribution in [2.24, 2.45) is 5.73 Å². The first kappa shape index (κ1) is 11.5. The minimum Gasteiger partial charge on any atom is -0.508 e. The molecule has 0 aliphatic carbocycles. The van der Waals surface area contributed by atoms with Crippen molar-refractivity contribution >= 4 is 5.91 Å². The topological polar surface area (TPSA) is 75.3 Å². The molecule has 5 heteroatoms.